The van der Waals surface area contributed by atoms with Crippen molar-refractivity contribution < 1.29 is 9.84 Å². The first-order valence-electron chi connectivity index (χ1n) is 9.02. The molecule has 0 bridgehead atoms. The smallest absolute Gasteiger partial charge is 0.161 e. The van der Waals surface area contributed by atoms with Gasteiger partial charge in [0.05, 0.1) is 6.61 Å². The first-order valence-corrected chi connectivity index (χ1v) is 9.02. The Kier molecular flexibility index (Phi) is 6.12. The molecule has 1 unspecified atom stereocenters. The lowest BCUT2D eigenvalue weighted by Gasteiger charge is -2.24. The first kappa shape index (κ1) is 19.3. The van der Waals surface area contributed by atoms with E-state index in [4.69, 9.17) is 10.5 Å². The van der Waals surface area contributed by atoms with Crippen LogP contribution in [0.1, 0.15) is 55.9 Å². The third kappa shape index (κ3) is 4.76. The number of hydrogen-bond acceptors (Lipinski definition) is 3. The number of benzene rings is 2. The molecular formula is C22H31NO2. The van der Waals surface area contributed by atoms with Crippen LogP contribution in [0.5, 0.6) is 11.5 Å². The molecule has 0 saturated heterocycles. The van der Waals surface area contributed by atoms with Gasteiger partial charge in [-0.1, -0.05) is 45.0 Å². The molecule has 136 valence electrons. The quantitative estimate of drug-likeness (QED) is 0.802. The van der Waals surface area contributed by atoms with E-state index >= 15 is 0 Å². The summed E-state index contributed by atoms with van der Waals surface area (Å²) in [7, 11) is 0. The van der Waals surface area contributed by atoms with Crippen LogP contribution in [0.25, 0.3) is 0 Å². The average molecular weight is 341 g/mol. The number of aromatic hydroxyl groups is 1. The molecule has 25 heavy (non-hydrogen) atoms. The molecule has 0 saturated carbocycles. The minimum Gasteiger partial charge on any atom is -0.504 e. The highest BCUT2D eigenvalue weighted by molar-refractivity contribution is 5.43. The summed E-state index contributed by atoms with van der Waals surface area (Å²) in [6.45, 7) is 11.9. The summed E-state index contributed by atoms with van der Waals surface area (Å²) in [5.41, 5.74) is 11.3. The average Bonchev–Trinajstić information content (AvgIpc) is 2.55. The Balaban J connectivity index is 2.33. The van der Waals surface area contributed by atoms with Crippen molar-refractivity contribution in [1.29, 1.82) is 0 Å². The summed E-state index contributed by atoms with van der Waals surface area (Å²) in [6, 6.07) is 12.3. The Hall–Kier alpha value is -2.00. The molecule has 2 aromatic carbocycles. The third-order valence-electron chi connectivity index (χ3n) is 4.68. The van der Waals surface area contributed by atoms with Crippen LogP contribution in [0, 0.1) is 6.92 Å². The number of rotatable bonds is 6. The van der Waals surface area contributed by atoms with Gasteiger partial charge >= 0.3 is 0 Å². The van der Waals surface area contributed by atoms with Crippen molar-refractivity contribution in [1.82, 2.24) is 0 Å². The molecule has 2 aromatic rings. The maximum absolute atomic E-state index is 9.89. The van der Waals surface area contributed by atoms with Gasteiger partial charge < -0.3 is 15.6 Å². The van der Waals surface area contributed by atoms with E-state index in [0.717, 1.165) is 12.0 Å². The standard InChI is InChI=1S/C22H31NO2/c1-6-25-21-12-16(8-10-20(21)24)11-17(14-23)19-13-18(22(3,4)5)9-7-15(19)2/h7-10,12-13,17,24H,6,11,14,23H2,1-5H3. The van der Waals surface area contributed by atoms with E-state index in [1.54, 1.807) is 6.07 Å². The van der Waals surface area contributed by atoms with Gasteiger partial charge in [-0.25, -0.2) is 0 Å². The summed E-state index contributed by atoms with van der Waals surface area (Å²) in [5.74, 6) is 0.957. The summed E-state index contributed by atoms with van der Waals surface area (Å²) in [6.07, 6.45) is 0.825. The summed E-state index contributed by atoms with van der Waals surface area (Å²) < 4.78 is 5.50. The number of nitrogens with two attached hydrogens (primary N) is 1. The Morgan fingerprint density at radius 2 is 1.84 bits per heavy atom. The van der Waals surface area contributed by atoms with Gasteiger partial charge in [-0.05, 0) is 66.6 Å². The lowest BCUT2D eigenvalue weighted by molar-refractivity contribution is 0.317. The van der Waals surface area contributed by atoms with Crippen molar-refractivity contribution >= 4 is 0 Å². The molecular weight excluding hydrogens is 310 g/mol. The van der Waals surface area contributed by atoms with Crippen LogP contribution in [0.2, 0.25) is 0 Å². The maximum atomic E-state index is 9.89. The molecule has 0 aliphatic carbocycles. The van der Waals surface area contributed by atoms with Crippen LogP contribution in [-0.2, 0) is 11.8 Å². The molecule has 3 nitrogen and oxygen atoms in total. The van der Waals surface area contributed by atoms with Crippen LogP contribution in [-0.4, -0.2) is 18.3 Å². The normalized spacial score (nSPS) is 12.9. The van der Waals surface area contributed by atoms with Crippen LogP contribution >= 0.6 is 0 Å². The largest absolute Gasteiger partial charge is 0.504 e. The number of phenols is 1. The Morgan fingerprint density at radius 1 is 1.12 bits per heavy atom. The van der Waals surface area contributed by atoms with Crippen molar-refractivity contribution in [2.45, 2.75) is 52.4 Å². The van der Waals surface area contributed by atoms with Crippen LogP contribution in [0.3, 0.4) is 0 Å². The highest BCUT2D eigenvalue weighted by Gasteiger charge is 2.19. The molecule has 0 fully saturated rings. The van der Waals surface area contributed by atoms with Gasteiger partial charge in [0, 0.05) is 5.92 Å². The predicted octanol–water partition coefficient (Wildman–Crippen LogP) is 4.68. The Labute approximate surface area is 151 Å². The van der Waals surface area contributed by atoms with Gasteiger partial charge in [0.2, 0.25) is 0 Å². The van der Waals surface area contributed by atoms with E-state index in [1.165, 1.54) is 16.7 Å². The SMILES string of the molecule is CCOc1cc(CC(CN)c2cc(C(C)(C)C)ccc2C)ccc1O. The zero-order chi connectivity index (χ0) is 18.6. The maximum Gasteiger partial charge on any atom is 0.161 e. The Bertz CT molecular complexity index is 716. The van der Waals surface area contributed by atoms with Crippen molar-refractivity contribution in [3.63, 3.8) is 0 Å². The predicted molar refractivity (Wildman–Crippen MR) is 105 cm³/mol. The molecule has 0 aliphatic rings. The molecule has 0 spiro atoms. The van der Waals surface area contributed by atoms with Gasteiger partial charge in [-0.15, -0.1) is 0 Å². The van der Waals surface area contributed by atoms with Crippen LogP contribution < -0.4 is 10.5 Å². The van der Waals surface area contributed by atoms with E-state index in [2.05, 4.69) is 45.9 Å². The van der Waals surface area contributed by atoms with Crippen LogP contribution in [0.15, 0.2) is 36.4 Å². The molecule has 0 aromatic heterocycles. The molecule has 2 rings (SSSR count). The van der Waals surface area contributed by atoms with E-state index in [0.29, 0.717) is 18.9 Å². The van der Waals surface area contributed by atoms with E-state index in [1.807, 2.05) is 19.1 Å². The number of aryl methyl sites for hydroxylation is 1. The molecule has 3 N–H and O–H groups in total. The molecule has 0 radical (unpaired) electrons. The highest BCUT2D eigenvalue weighted by atomic mass is 16.5. The van der Waals surface area contributed by atoms with Gasteiger partial charge in [0.25, 0.3) is 0 Å². The van der Waals surface area contributed by atoms with Crippen molar-refractivity contribution in [3.05, 3.63) is 58.7 Å². The van der Waals surface area contributed by atoms with E-state index < -0.39 is 0 Å². The van der Waals surface area contributed by atoms with E-state index in [9.17, 15) is 5.11 Å². The molecule has 1 atom stereocenters. The van der Waals surface area contributed by atoms with Crippen molar-refractivity contribution in [3.8, 4) is 11.5 Å². The third-order valence-corrected chi connectivity index (χ3v) is 4.68. The number of hydrogen-bond donors (Lipinski definition) is 2. The first-order chi connectivity index (χ1) is 11.8. The zero-order valence-corrected chi connectivity index (χ0v) is 16.1. The van der Waals surface area contributed by atoms with Gasteiger partial charge in [0.1, 0.15) is 0 Å². The minimum absolute atomic E-state index is 0.113. The fourth-order valence-electron chi connectivity index (χ4n) is 3.11. The fraction of sp³-hybridized carbons (Fsp3) is 0.455. The fourth-order valence-corrected chi connectivity index (χ4v) is 3.11. The minimum atomic E-state index is 0.113. The second kappa shape index (κ2) is 7.92. The summed E-state index contributed by atoms with van der Waals surface area (Å²) in [4.78, 5) is 0. The molecule has 3 heteroatoms. The lowest BCUT2D eigenvalue weighted by Crippen LogP contribution is -2.18. The topological polar surface area (TPSA) is 55.5 Å². The van der Waals surface area contributed by atoms with Crippen molar-refractivity contribution in [2.24, 2.45) is 5.73 Å². The Morgan fingerprint density at radius 3 is 2.44 bits per heavy atom. The van der Waals surface area contributed by atoms with Crippen molar-refractivity contribution in [2.75, 3.05) is 13.2 Å². The number of phenolic OH excluding ortho intramolecular Hbond substituents is 1. The van der Waals surface area contributed by atoms with Gasteiger partial charge in [0.15, 0.2) is 11.5 Å². The van der Waals surface area contributed by atoms with E-state index in [-0.39, 0.29) is 17.1 Å². The number of ether oxygens (including phenoxy) is 1. The lowest BCUT2D eigenvalue weighted by atomic mass is 9.81. The molecule has 0 heterocycles. The van der Waals surface area contributed by atoms with Gasteiger partial charge in [-0.3, -0.25) is 0 Å². The molecule has 0 aliphatic heterocycles. The van der Waals surface area contributed by atoms with Gasteiger partial charge in [-0.2, -0.15) is 0 Å². The monoisotopic (exact) mass is 341 g/mol. The summed E-state index contributed by atoms with van der Waals surface area (Å²) in [5, 5.41) is 9.89. The zero-order valence-electron chi connectivity index (χ0n) is 16.1. The highest BCUT2D eigenvalue weighted by Crippen LogP contribution is 2.32. The summed E-state index contributed by atoms with van der Waals surface area (Å²) >= 11 is 0. The second-order valence-electron chi connectivity index (χ2n) is 7.69. The van der Waals surface area contributed by atoms with Crippen LogP contribution in [0.4, 0.5) is 0 Å². The molecule has 0 amide bonds. The second-order valence-corrected chi connectivity index (χ2v) is 7.69.